The summed E-state index contributed by atoms with van der Waals surface area (Å²) in [5, 5.41) is 11.3. The smallest absolute Gasteiger partial charge is 0.296 e. The van der Waals surface area contributed by atoms with E-state index in [2.05, 4.69) is 4.90 Å². The lowest BCUT2D eigenvalue weighted by atomic mass is 9.81. The van der Waals surface area contributed by atoms with Gasteiger partial charge in [-0.3, -0.25) is 19.3 Å². The van der Waals surface area contributed by atoms with E-state index in [1.165, 1.54) is 21.9 Å². The molecule has 1 atom stereocenters. The average molecular weight is 494 g/mol. The Labute approximate surface area is 208 Å². The number of aliphatic hydroxyl groups excluding tert-OH is 1. The number of nitrogens with zero attached hydrogens (tertiary/aromatic N) is 3. The van der Waals surface area contributed by atoms with Gasteiger partial charge in [0.2, 0.25) is 0 Å². The SMILES string of the molecule is Cc1ccc(/C(O)=C2\C(=O)C(=O)N(CCCN3CCOCC3)C23C(=O)N(C)c2ccccc23)cc1F. The number of likely N-dealkylation sites (N-methyl/N-ethyl adjacent to an activating group) is 1. The topological polar surface area (TPSA) is 90.4 Å². The molecule has 9 heteroatoms. The maximum Gasteiger partial charge on any atom is 0.296 e. The van der Waals surface area contributed by atoms with Crippen LogP contribution < -0.4 is 4.90 Å². The van der Waals surface area contributed by atoms with E-state index >= 15 is 0 Å². The maximum atomic E-state index is 14.4. The molecule has 2 aromatic rings. The molecule has 8 nitrogen and oxygen atoms in total. The lowest BCUT2D eigenvalue weighted by Gasteiger charge is -2.35. The molecule has 1 unspecified atom stereocenters. The standard InChI is InChI=1S/C27H28FN3O5/c1-17-8-9-18(16-20(17)28)23(32)22-24(33)25(34)31(11-5-10-30-12-14-36-15-13-30)27(22)19-6-3-4-7-21(19)29(2)26(27)35/h3-4,6-9,16,32H,5,10-15H2,1-2H3/b23-22-. The number of fused-ring (bicyclic) bond motifs is 2. The number of carbonyl (C=O) groups excluding carboxylic acids is 3. The van der Waals surface area contributed by atoms with E-state index in [0.717, 1.165) is 19.2 Å². The normalized spacial score (nSPS) is 23.7. The van der Waals surface area contributed by atoms with Crippen LogP contribution in [0.4, 0.5) is 10.1 Å². The summed E-state index contributed by atoms with van der Waals surface area (Å²) in [7, 11) is 1.58. The molecule has 0 aromatic heterocycles. The molecule has 2 fully saturated rings. The van der Waals surface area contributed by atoms with Gasteiger partial charge in [-0.1, -0.05) is 30.3 Å². The van der Waals surface area contributed by atoms with Crippen molar-refractivity contribution in [2.45, 2.75) is 18.9 Å². The first-order valence-electron chi connectivity index (χ1n) is 12.0. The number of aryl methyl sites for hydroxylation is 1. The quantitative estimate of drug-likeness (QED) is 0.391. The molecule has 0 saturated carbocycles. The zero-order valence-electron chi connectivity index (χ0n) is 20.3. The van der Waals surface area contributed by atoms with Gasteiger partial charge in [-0.2, -0.15) is 0 Å². The molecule has 188 valence electrons. The Bertz CT molecular complexity index is 1290. The van der Waals surface area contributed by atoms with Crippen LogP contribution in [0.15, 0.2) is 48.0 Å². The molecule has 5 rings (SSSR count). The van der Waals surface area contributed by atoms with E-state index in [4.69, 9.17) is 4.74 Å². The lowest BCUT2D eigenvalue weighted by Crippen LogP contribution is -2.52. The van der Waals surface area contributed by atoms with Crippen LogP contribution in [0.2, 0.25) is 0 Å². The molecule has 2 aromatic carbocycles. The van der Waals surface area contributed by atoms with Crippen LogP contribution in [-0.2, 0) is 24.7 Å². The van der Waals surface area contributed by atoms with Crippen molar-refractivity contribution >= 4 is 29.0 Å². The summed E-state index contributed by atoms with van der Waals surface area (Å²) >= 11 is 0. The van der Waals surface area contributed by atoms with Crippen LogP contribution in [0.3, 0.4) is 0 Å². The number of benzene rings is 2. The molecule has 2 amide bonds. The summed E-state index contributed by atoms with van der Waals surface area (Å²) in [4.78, 5) is 45.8. The predicted molar refractivity (Wildman–Crippen MR) is 131 cm³/mol. The van der Waals surface area contributed by atoms with Gasteiger partial charge in [0.15, 0.2) is 5.54 Å². The minimum atomic E-state index is -1.82. The Morgan fingerprint density at radius 2 is 1.81 bits per heavy atom. The van der Waals surface area contributed by atoms with Crippen LogP contribution in [0.25, 0.3) is 5.76 Å². The minimum Gasteiger partial charge on any atom is -0.507 e. The summed E-state index contributed by atoms with van der Waals surface area (Å²) in [5.41, 5.74) is -0.768. The van der Waals surface area contributed by atoms with Gasteiger partial charge in [0.1, 0.15) is 11.6 Å². The van der Waals surface area contributed by atoms with Crippen molar-refractivity contribution in [3.8, 4) is 0 Å². The third-order valence-electron chi connectivity index (χ3n) is 7.34. The van der Waals surface area contributed by atoms with Crippen LogP contribution >= 0.6 is 0 Å². The third-order valence-corrected chi connectivity index (χ3v) is 7.34. The van der Waals surface area contributed by atoms with Crippen molar-refractivity contribution in [1.82, 2.24) is 9.80 Å². The second kappa shape index (κ2) is 9.15. The summed E-state index contributed by atoms with van der Waals surface area (Å²) in [5.74, 6) is -3.46. The van der Waals surface area contributed by atoms with Gasteiger partial charge in [0, 0.05) is 50.0 Å². The molecule has 3 aliphatic rings. The monoisotopic (exact) mass is 493 g/mol. The highest BCUT2D eigenvalue weighted by Crippen LogP contribution is 2.53. The average Bonchev–Trinajstić information content (AvgIpc) is 3.24. The van der Waals surface area contributed by atoms with Crippen LogP contribution in [0.1, 0.15) is 23.1 Å². The second-order valence-corrected chi connectivity index (χ2v) is 9.37. The van der Waals surface area contributed by atoms with Crippen LogP contribution in [0, 0.1) is 12.7 Å². The van der Waals surface area contributed by atoms with Gasteiger partial charge >= 0.3 is 0 Å². The molecular formula is C27H28FN3O5. The highest BCUT2D eigenvalue weighted by Gasteiger charge is 2.66. The largest absolute Gasteiger partial charge is 0.507 e. The maximum absolute atomic E-state index is 14.4. The molecular weight excluding hydrogens is 465 g/mol. The number of aliphatic hydroxyl groups is 1. The molecule has 0 bridgehead atoms. The zero-order chi connectivity index (χ0) is 25.6. The van der Waals surface area contributed by atoms with Crippen molar-refractivity contribution in [3.63, 3.8) is 0 Å². The van der Waals surface area contributed by atoms with Crippen molar-refractivity contribution in [3.05, 3.63) is 70.5 Å². The molecule has 1 spiro atoms. The van der Waals surface area contributed by atoms with E-state index in [9.17, 15) is 23.9 Å². The van der Waals surface area contributed by atoms with Gasteiger partial charge in [0.25, 0.3) is 17.6 Å². The van der Waals surface area contributed by atoms with Gasteiger partial charge in [-0.05, 0) is 31.0 Å². The fourth-order valence-corrected chi connectivity index (χ4v) is 5.43. The summed E-state index contributed by atoms with van der Waals surface area (Å²) in [6.45, 7) is 5.19. The number of likely N-dealkylation sites (tertiary alicyclic amines) is 1. The molecule has 2 saturated heterocycles. The van der Waals surface area contributed by atoms with Gasteiger partial charge in [-0.25, -0.2) is 4.39 Å². The number of carbonyl (C=O) groups is 3. The van der Waals surface area contributed by atoms with Crippen molar-refractivity contribution in [2.24, 2.45) is 0 Å². The van der Waals surface area contributed by atoms with E-state index < -0.39 is 34.7 Å². The first kappa shape index (κ1) is 24.1. The Balaban J connectivity index is 1.64. The summed E-state index contributed by atoms with van der Waals surface area (Å²) in [6.07, 6.45) is 0.521. The van der Waals surface area contributed by atoms with E-state index in [1.807, 2.05) is 0 Å². The number of amides is 2. The molecule has 3 aliphatic heterocycles. The predicted octanol–water partition coefficient (Wildman–Crippen LogP) is 2.41. The number of rotatable bonds is 5. The van der Waals surface area contributed by atoms with E-state index in [0.29, 0.717) is 43.0 Å². The Kier molecular flexibility index (Phi) is 6.13. The number of halogens is 1. The number of ketones is 1. The van der Waals surface area contributed by atoms with Gasteiger partial charge in [0.05, 0.1) is 18.8 Å². The second-order valence-electron chi connectivity index (χ2n) is 9.37. The highest BCUT2D eigenvalue weighted by atomic mass is 19.1. The Hall–Kier alpha value is -3.56. The number of hydrogen-bond donors (Lipinski definition) is 1. The number of hydrogen-bond acceptors (Lipinski definition) is 6. The van der Waals surface area contributed by atoms with Crippen molar-refractivity contribution in [1.29, 1.82) is 0 Å². The Morgan fingerprint density at radius 3 is 2.53 bits per heavy atom. The molecule has 3 heterocycles. The van der Waals surface area contributed by atoms with Crippen molar-refractivity contribution in [2.75, 3.05) is 51.3 Å². The summed E-state index contributed by atoms with van der Waals surface area (Å²) < 4.78 is 19.8. The number of anilines is 1. The fraction of sp³-hybridized carbons (Fsp3) is 0.370. The van der Waals surface area contributed by atoms with Gasteiger partial charge < -0.3 is 19.6 Å². The Morgan fingerprint density at radius 1 is 1.08 bits per heavy atom. The first-order chi connectivity index (χ1) is 17.3. The highest BCUT2D eigenvalue weighted by molar-refractivity contribution is 6.50. The van der Waals surface area contributed by atoms with E-state index in [1.54, 1.807) is 38.2 Å². The molecule has 1 N–H and O–H groups in total. The fourth-order valence-electron chi connectivity index (χ4n) is 5.43. The van der Waals surface area contributed by atoms with E-state index in [-0.39, 0.29) is 17.7 Å². The van der Waals surface area contributed by atoms with Crippen LogP contribution in [-0.4, -0.2) is 78.9 Å². The van der Waals surface area contributed by atoms with Gasteiger partial charge in [-0.15, -0.1) is 0 Å². The lowest BCUT2D eigenvalue weighted by molar-refractivity contribution is -0.143. The number of para-hydroxylation sites is 1. The number of Topliss-reactive ketones (excluding diaryl/α,β-unsaturated/α-hetero) is 1. The third kappa shape index (κ3) is 3.53. The molecule has 0 aliphatic carbocycles. The summed E-state index contributed by atoms with van der Waals surface area (Å²) in [6, 6.07) is 11.0. The molecule has 0 radical (unpaired) electrons. The van der Waals surface area contributed by atoms with Crippen molar-refractivity contribution < 1.29 is 28.6 Å². The number of ether oxygens (including phenoxy) is 1. The molecule has 36 heavy (non-hydrogen) atoms. The first-order valence-corrected chi connectivity index (χ1v) is 12.0. The minimum absolute atomic E-state index is 0.0311. The van der Waals surface area contributed by atoms with Crippen LogP contribution in [0.5, 0.6) is 0 Å². The zero-order valence-corrected chi connectivity index (χ0v) is 20.3. The number of morpholine rings is 1.